The molecule has 0 aliphatic heterocycles. The summed E-state index contributed by atoms with van der Waals surface area (Å²) in [5, 5.41) is 10.9. The van der Waals surface area contributed by atoms with Crippen LogP contribution in [0.2, 0.25) is 0 Å². The summed E-state index contributed by atoms with van der Waals surface area (Å²) in [4.78, 5) is 11.1. The summed E-state index contributed by atoms with van der Waals surface area (Å²) >= 11 is 4.68. The molecule has 72 valence electrons. The molecule has 0 radical (unpaired) electrons. The van der Waals surface area contributed by atoms with E-state index < -0.39 is 5.97 Å². The quantitative estimate of drug-likeness (QED) is 0.510. The van der Waals surface area contributed by atoms with Gasteiger partial charge in [-0.3, -0.25) is 0 Å². The Hall–Kier alpha value is -1.05. The Morgan fingerprint density at radius 1 is 1.71 bits per heavy atom. The second-order valence-corrected chi connectivity index (χ2v) is 3.85. The predicted molar refractivity (Wildman–Crippen MR) is 61.7 cm³/mol. The highest BCUT2D eigenvalue weighted by Gasteiger charge is 1.94. The topological polar surface area (TPSA) is 37.3 Å². The molecule has 1 N–H and O–H groups in total. The van der Waals surface area contributed by atoms with Crippen LogP contribution in [0.1, 0.15) is 10.4 Å². The molecule has 0 unspecified atom stereocenters. The summed E-state index contributed by atoms with van der Waals surface area (Å²) in [5.74, 6) is 4.87. The zero-order valence-corrected chi connectivity index (χ0v) is 9.56. The first kappa shape index (κ1) is 11.0. The van der Waals surface area contributed by atoms with Gasteiger partial charge in [-0.05, 0) is 12.1 Å². The summed E-state index contributed by atoms with van der Waals surface area (Å²) in [6.45, 7) is 0. The highest BCUT2D eigenvalue weighted by Crippen LogP contribution is 2.15. The molecule has 0 aliphatic carbocycles. The van der Waals surface area contributed by atoms with E-state index in [4.69, 9.17) is 5.11 Å². The SMILES string of the molecule is O=C(O)/C=C/c1cc(C#CCBr)cs1. The molecule has 0 atom stereocenters. The van der Waals surface area contributed by atoms with Crippen LogP contribution in [0.25, 0.3) is 6.08 Å². The molecule has 0 aromatic carbocycles. The highest BCUT2D eigenvalue weighted by molar-refractivity contribution is 9.09. The van der Waals surface area contributed by atoms with Crippen molar-refractivity contribution in [2.24, 2.45) is 0 Å². The first-order valence-corrected chi connectivity index (χ1v) is 5.77. The molecular formula is C10H7BrO2S. The fourth-order valence-electron chi connectivity index (χ4n) is 0.795. The molecule has 1 aromatic rings. The van der Waals surface area contributed by atoms with Crippen molar-refractivity contribution in [3.8, 4) is 11.8 Å². The standard InChI is InChI=1S/C10H7BrO2S/c11-5-1-2-8-6-9(14-7-8)3-4-10(12)13/h3-4,6-7H,5H2,(H,12,13)/b4-3+. The van der Waals surface area contributed by atoms with Crippen molar-refractivity contribution in [1.82, 2.24) is 0 Å². The number of alkyl halides is 1. The molecule has 0 bridgehead atoms. The molecule has 0 saturated carbocycles. The number of carbonyl (C=O) groups is 1. The third-order valence-electron chi connectivity index (χ3n) is 1.31. The Balaban J connectivity index is 2.73. The van der Waals surface area contributed by atoms with E-state index in [1.54, 1.807) is 6.08 Å². The van der Waals surface area contributed by atoms with Crippen molar-refractivity contribution >= 4 is 39.3 Å². The number of hydrogen-bond donors (Lipinski definition) is 1. The lowest BCUT2D eigenvalue weighted by Crippen LogP contribution is -1.84. The molecule has 0 saturated heterocycles. The molecule has 1 rings (SSSR count). The Morgan fingerprint density at radius 2 is 2.50 bits per heavy atom. The molecule has 0 amide bonds. The van der Waals surface area contributed by atoms with Gasteiger partial charge in [-0.2, -0.15) is 0 Å². The second kappa shape index (κ2) is 5.63. The zero-order valence-electron chi connectivity index (χ0n) is 7.16. The fraction of sp³-hybridized carbons (Fsp3) is 0.100. The van der Waals surface area contributed by atoms with Crippen molar-refractivity contribution in [3.63, 3.8) is 0 Å². The van der Waals surface area contributed by atoms with Gasteiger partial charge in [0.1, 0.15) is 0 Å². The molecule has 14 heavy (non-hydrogen) atoms. The lowest BCUT2D eigenvalue weighted by atomic mass is 10.3. The molecule has 0 spiro atoms. The van der Waals surface area contributed by atoms with Gasteiger partial charge in [-0.25, -0.2) is 4.79 Å². The average molecular weight is 271 g/mol. The predicted octanol–water partition coefficient (Wildman–Crippen LogP) is 2.59. The van der Waals surface area contributed by atoms with E-state index in [-0.39, 0.29) is 0 Å². The Bertz CT molecular complexity index is 409. The van der Waals surface area contributed by atoms with E-state index in [9.17, 15) is 4.79 Å². The van der Waals surface area contributed by atoms with Gasteiger partial charge < -0.3 is 5.11 Å². The minimum atomic E-state index is -0.938. The van der Waals surface area contributed by atoms with Crippen LogP contribution in [0, 0.1) is 11.8 Å². The van der Waals surface area contributed by atoms with Crippen LogP contribution in [0.3, 0.4) is 0 Å². The van der Waals surface area contributed by atoms with Crippen LogP contribution in [0.5, 0.6) is 0 Å². The maximum atomic E-state index is 10.2. The second-order valence-electron chi connectivity index (χ2n) is 2.34. The summed E-state index contributed by atoms with van der Waals surface area (Å²) in [6.07, 6.45) is 2.68. The van der Waals surface area contributed by atoms with Crippen LogP contribution in [-0.4, -0.2) is 16.4 Å². The van der Waals surface area contributed by atoms with Crippen molar-refractivity contribution in [2.45, 2.75) is 0 Å². The number of carboxylic acids is 1. The van der Waals surface area contributed by atoms with Gasteiger partial charge in [0, 0.05) is 21.9 Å². The van der Waals surface area contributed by atoms with Crippen LogP contribution in [0.4, 0.5) is 0 Å². The van der Waals surface area contributed by atoms with E-state index in [2.05, 4.69) is 27.8 Å². The number of rotatable bonds is 2. The molecular weight excluding hydrogens is 264 g/mol. The highest BCUT2D eigenvalue weighted by atomic mass is 79.9. The van der Waals surface area contributed by atoms with Gasteiger partial charge >= 0.3 is 5.97 Å². The van der Waals surface area contributed by atoms with Gasteiger partial charge in [-0.1, -0.05) is 27.8 Å². The molecule has 0 aliphatic rings. The smallest absolute Gasteiger partial charge is 0.328 e. The number of carboxylic acid groups (broad SMARTS) is 1. The van der Waals surface area contributed by atoms with Gasteiger partial charge in [0.25, 0.3) is 0 Å². The van der Waals surface area contributed by atoms with Crippen LogP contribution in [0.15, 0.2) is 17.5 Å². The molecule has 4 heteroatoms. The summed E-state index contributed by atoms with van der Waals surface area (Å²) < 4.78 is 0. The summed E-state index contributed by atoms with van der Waals surface area (Å²) in [6, 6.07) is 1.86. The third kappa shape index (κ3) is 3.77. The van der Waals surface area contributed by atoms with Gasteiger partial charge in [0.2, 0.25) is 0 Å². The number of aliphatic carboxylic acids is 1. The Kier molecular flexibility index (Phi) is 4.44. The molecule has 0 fully saturated rings. The van der Waals surface area contributed by atoms with E-state index in [1.165, 1.54) is 11.3 Å². The minimum Gasteiger partial charge on any atom is -0.478 e. The molecule has 1 aromatic heterocycles. The third-order valence-corrected chi connectivity index (χ3v) is 2.49. The summed E-state index contributed by atoms with van der Waals surface area (Å²) in [7, 11) is 0. The zero-order chi connectivity index (χ0) is 10.4. The lowest BCUT2D eigenvalue weighted by Gasteiger charge is -1.80. The Labute approximate surface area is 94.4 Å². The largest absolute Gasteiger partial charge is 0.478 e. The van der Waals surface area contributed by atoms with Crippen LogP contribution in [-0.2, 0) is 4.79 Å². The maximum absolute atomic E-state index is 10.2. The monoisotopic (exact) mass is 270 g/mol. The lowest BCUT2D eigenvalue weighted by molar-refractivity contribution is -0.131. The average Bonchev–Trinajstić information content (AvgIpc) is 2.59. The molecule has 1 heterocycles. The number of thiophene rings is 1. The fourth-order valence-corrected chi connectivity index (χ4v) is 1.67. The van der Waals surface area contributed by atoms with E-state index in [0.717, 1.165) is 16.5 Å². The van der Waals surface area contributed by atoms with Crippen molar-refractivity contribution in [2.75, 3.05) is 5.33 Å². The first-order valence-electron chi connectivity index (χ1n) is 3.77. The van der Waals surface area contributed by atoms with Crippen LogP contribution < -0.4 is 0 Å². The maximum Gasteiger partial charge on any atom is 0.328 e. The molecule has 2 nitrogen and oxygen atoms in total. The minimum absolute atomic E-state index is 0.642. The van der Waals surface area contributed by atoms with Crippen molar-refractivity contribution in [1.29, 1.82) is 0 Å². The van der Waals surface area contributed by atoms with Gasteiger partial charge in [0.15, 0.2) is 0 Å². The van der Waals surface area contributed by atoms with Crippen LogP contribution >= 0.6 is 27.3 Å². The van der Waals surface area contributed by atoms with Gasteiger partial charge in [-0.15, -0.1) is 11.3 Å². The van der Waals surface area contributed by atoms with Crippen molar-refractivity contribution in [3.05, 3.63) is 28.0 Å². The van der Waals surface area contributed by atoms with E-state index in [0.29, 0.717) is 5.33 Å². The van der Waals surface area contributed by atoms with Crippen molar-refractivity contribution < 1.29 is 9.90 Å². The Morgan fingerprint density at radius 3 is 3.14 bits per heavy atom. The first-order chi connectivity index (χ1) is 6.72. The number of hydrogen-bond acceptors (Lipinski definition) is 2. The van der Waals surface area contributed by atoms with E-state index >= 15 is 0 Å². The van der Waals surface area contributed by atoms with E-state index in [1.807, 2.05) is 11.4 Å². The summed E-state index contributed by atoms with van der Waals surface area (Å²) in [5.41, 5.74) is 0.916. The van der Waals surface area contributed by atoms with Gasteiger partial charge in [0.05, 0.1) is 5.33 Å². The number of halogens is 1. The normalized spacial score (nSPS) is 9.79.